The van der Waals surface area contributed by atoms with E-state index in [1.54, 1.807) is 24.7 Å². The number of halogens is 1. The van der Waals surface area contributed by atoms with Gasteiger partial charge in [0.1, 0.15) is 10.6 Å². The van der Waals surface area contributed by atoms with E-state index < -0.39 is 0 Å². The first-order chi connectivity index (χ1) is 13.3. The quantitative estimate of drug-likeness (QED) is 0.506. The summed E-state index contributed by atoms with van der Waals surface area (Å²) in [5, 5.41) is 7.88. The number of hydrogen-bond acceptors (Lipinski definition) is 5. The van der Waals surface area contributed by atoms with Crippen LogP contribution in [0.3, 0.4) is 0 Å². The maximum absolute atomic E-state index is 13.0. The van der Waals surface area contributed by atoms with E-state index in [1.165, 1.54) is 22.2 Å². The van der Waals surface area contributed by atoms with Crippen molar-refractivity contribution in [2.45, 2.75) is 13.8 Å². The SMILES string of the molecule is Cc1cc(NC(=O)c2sc3ncn(C)c(=O)c3c2C)n(-c2cccc(Br)c2)n1. The van der Waals surface area contributed by atoms with E-state index in [1.807, 2.05) is 31.2 Å². The van der Waals surface area contributed by atoms with Gasteiger partial charge in [-0.15, -0.1) is 11.3 Å². The molecule has 9 heteroatoms. The van der Waals surface area contributed by atoms with Gasteiger partial charge in [-0.2, -0.15) is 5.10 Å². The number of aryl methyl sites for hydroxylation is 3. The van der Waals surface area contributed by atoms with Gasteiger partial charge >= 0.3 is 0 Å². The van der Waals surface area contributed by atoms with Crippen LogP contribution in [-0.4, -0.2) is 25.2 Å². The van der Waals surface area contributed by atoms with Crippen LogP contribution in [-0.2, 0) is 7.05 Å². The lowest BCUT2D eigenvalue weighted by Gasteiger charge is -2.09. The monoisotopic (exact) mass is 457 g/mol. The Morgan fingerprint density at radius 1 is 1.25 bits per heavy atom. The van der Waals surface area contributed by atoms with Gasteiger partial charge in [-0.05, 0) is 37.6 Å². The number of benzene rings is 1. The first-order valence-electron chi connectivity index (χ1n) is 8.44. The third-order valence-electron chi connectivity index (χ3n) is 4.34. The maximum Gasteiger partial charge on any atom is 0.267 e. The number of fused-ring (bicyclic) bond motifs is 1. The molecule has 0 aliphatic carbocycles. The van der Waals surface area contributed by atoms with Gasteiger partial charge in [-0.3, -0.25) is 9.59 Å². The van der Waals surface area contributed by atoms with Crippen molar-refractivity contribution in [2.75, 3.05) is 5.32 Å². The van der Waals surface area contributed by atoms with E-state index >= 15 is 0 Å². The molecule has 4 aromatic rings. The van der Waals surface area contributed by atoms with Gasteiger partial charge < -0.3 is 9.88 Å². The molecule has 3 aromatic heterocycles. The van der Waals surface area contributed by atoms with Crippen LogP contribution in [0.15, 0.2) is 45.9 Å². The zero-order valence-electron chi connectivity index (χ0n) is 15.4. The molecule has 1 aromatic carbocycles. The Morgan fingerprint density at radius 2 is 2.04 bits per heavy atom. The van der Waals surface area contributed by atoms with Crippen LogP contribution in [0.5, 0.6) is 0 Å². The molecule has 0 bridgehead atoms. The lowest BCUT2D eigenvalue weighted by molar-refractivity contribution is 0.102. The van der Waals surface area contributed by atoms with Crippen LogP contribution in [0.25, 0.3) is 15.9 Å². The summed E-state index contributed by atoms with van der Waals surface area (Å²) < 4.78 is 4.01. The highest BCUT2D eigenvalue weighted by atomic mass is 79.9. The van der Waals surface area contributed by atoms with Gasteiger partial charge in [0.25, 0.3) is 11.5 Å². The predicted molar refractivity (Wildman–Crippen MR) is 114 cm³/mol. The molecular weight excluding hydrogens is 442 g/mol. The Morgan fingerprint density at radius 3 is 2.79 bits per heavy atom. The number of nitrogens with zero attached hydrogens (tertiary/aromatic N) is 4. The summed E-state index contributed by atoms with van der Waals surface area (Å²) in [6.45, 7) is 3.64. The summed E-state index contributed by atoms with van der Waals surface area (Å²) in [5.41, 5.74) is 2.07. The first-order valence-corrected chi connectivity index (χ1v) is 10.0. The molecule has 7 nitrogen and oxygen atoms in total. The van der Waals surface area contributed by atoms with Crippen LogP contribution in [0.1, 0.15) is 20.9 Å². The van der Waals surface area contributed by atoms with Crippen molar-refractivity contribution in [1.82, 2.24) is 19.3 Å². The van der Waals surface area contributed by atoms with E-state index in [0.29, 0.717) is 26.5 Å². The molecule has 0 fully saturated rings. The van der Waals surface area contributed by atoms with Crippen molar-refractivity contribution in [3.05, 3.63) is 67.6 Å². The van der Waals surface area contributed by atoms with E-state index in [0.717, 1.165) is 15.9 Å². The van der Waals surface area contributed by atoms with Crippen LogP contribution < -0.4 is 10.9 Å². The molecular formula is C19H16BrN5O2S. The minimum atomic E-state index is -0.293. The lowest BCUT2D eigenvalue weighted by atomic mass is 10.2. The molecule has 1 amide bonds. The number of carbonyl (C=O) groups excluding carboxylic acids is 1. The Hall–Kier alpha value is -2.78. The largest absolute Gasteiger partial charge is 0.306 e. The maximum atomic E-state index is 13.0. The third kappa shape index (κ3) is 3.16. The number of nitrogens with one attached hydrogen (secondary N) is 1. The second kappa shape index (κ2) is 6.99. The van der Waals surface area contributed by atoms with Crippen molar-refractivity contribution in [2.24, 2.45) is 7.05 Å². The second-order valence-corrected chi connectivity index (χ2v) is 8.33. The fourth-order valence-electron chi connectivity index (χ4n) is 2.99. The average Bonchev–Trinajstić information content (AvgIpc) is 3.18. The summed E-state index contributed by atoms with van der Waals surface area (Å²) in [6, 6.07) is 9.45. The van der Waals surface area contributed by atoms with Crippen LogP contribution >= 0.6 is 27.3 Å². The summed E-state index contributed by atoms with van der Waals surface area (Å²) >= 11 is 4.67. The zero-order valence-corrected chi connectivity index (χ0v) is 17.8. The van der Waals surface area contributed by atoms with Crippen molar-refractivity contribution in [1.29, 1.82) is 0 Å². The molecule has 0 unspecified atom stereocenters. The number of hydrogen-bond donors (Lipinski definition) is 1. The normalized spacial score (nSPS) is 11.1. The van der Waals surface area contributed by atoms with Crippen LogP contribution in [0, 0.1) is 13.8 Å². The average molecular weight is 458 g/mol. The van der Waals surface area contributed by atoms with Gasteiger partial charge in [-0.25, -0.2) is 9.67 Å². The molecule has 142 valence electrons. The van der Waals surface area contributed by atoms with Crippen molar-refractivity contribution < 1.29 is 4.79 Å². The van der Waals surface area contributed by atoms with E-state index in [4.69, 9.17) is 0 Å². The fourth-order valence-corrected chi connectivity index (χ4v) is 4.41. The van der Waals surface area contributed by atoms with Gasteiger partial charge in [0.05, 0.1) is 28.0 Å². The summed E-state index contributed by atoms with van der Waals surface area (Å²) in [4.78, 5) is 30.7. The third-order valence-corrected chi connectivity index (χ3v) is 6.03. The van der Waals surface area contributed by atoms with Gasteiger partial charge in [0, 0.05) is 17.6 Å². The molecule has 4 rings (SSSR count). The van der Waals surface area contributed by atoms with E-state index in [2.05, 4.69) is 31.3 Å². The highest BCUT2D eigenvalue weighted by molar-refractivity contribution is 9.10. The Balaban J connectivity index is 1.74. The molecule has 0 atom stereocenters. The summed E-state index contributed by atoms with van der Waals surface area (Å²) in [5.74, 6) is 0.261. The number of aromatic nitrogens is 4. The molecule has 0 spiro atoms. The fraction of sp³-hybridized carbons (Fsp3) is 0.158. The van der Waals surface area contributed by atoms with Crippen LogP contribution in [0.2, 0.25) is 0 Å². The molecule has 0 saturated carbocycles. The standard InChI is InChI=1S/C19H16BrN5O2S/c1-10-7-14(25(23-10)13-6-4-5-12(20)8-13)22-17(26)16-11(2)15-18(28-16)21-9-24(3)19(15)27/h4-9H,1-3H3,(H,22,26). The second-order valence-electron chi connectivity index (χ2n) is 6.41. The van der Waals surface area contributed by atoms with Crippen molar-refractivity contribution in [3.63, 3.8) is 0 Å². The van der Waals surface area contributed by atoms with Gasteiger partial charge in [-0.1, -0.05) is 22.0 Å². The zero-order chi connectivity index (χ0) is 20.0. The minimum Gasteiger partial charge on any atom is -0.306 e. The topological polar surface area (TPSA) is 81.8 Å². The molecule has 0 aliphatic rings. The van der Waals surface area contributed by atoms with Crippen molar-refractivity contribution >= 4 is 49.2 Å². The number of thiophene rings is 1. The molecule has 0 saturated heterocycles. The Bertz CT molecular complexity index is 1290. The predicted octanol–water partition coefficient (Wildman–Crippen LogP) is 3.81. The molecule has 0 radical (unpaired) electrons. The molecule has 3 heterocycles. The summed E-state index contributed by atoms with van der Waals surface area (Å²) in [7, 11) is 1.64. The highest BCUT2D eigenvalue weighted by Gasteiger charge is 2.20. The van der Waals surface area contributed by atoms with Crippen LogP contribution in [0.4, 0.5) is 5.82 Å². The van der Waals surface area contributed by atoms with Gasteiger partial charge in [0.2, 0.25) is 0 Å². The van der Waals surface area contributed by atoms with E-state index in [9.17, 15) is 9.59 Å². The van der Waals surface area contributed by atoms with E-state index in [-0.39, 0.29) is 11.5 Å². The lowest BCUT2D eigenvalue weighted by Crippen LogP contribution is -2.17. The molecule has 28 heavy (non-hydrogen) atoms. The molecule has 1 N–H and O–H groups in total. The smallest absolute Gasteiger partial charge is 0.267 e. The highest BCUT2D eigenvalue weighted by Crippen LogP contribution is 2.28. The number of carbonyl (C=O) groups is 1. The molecule has 0 aliphatic heterocycles. The number of amides is 1. The van der Waals surface area contributed by atoms with Crippen molar-refractivity contribution in [3.8, 4) is 5.69 Å². The summed E-state index contributed by atoms with van der Waals surface area (Å²) in [6.07, 6.45) is 1.47. The Labute approximate surface area is 172 Å². The van der Waals surface area contributed by atoms with Gasteiger partial charge in [0.15, 0.2) is 0 Å². The Kier molecular flexibility index (Phi) is 4.64. The number of anilines is 1. The minimum absolute atomic E-state index is 0.159. The first kappa shape index (κ1) is 18.6. The number of rotatable bonds is 3.